The fourth-order valence-electron chi connectivity index (χ4n) is 3.11. The van der Waals surface area contributed by atoms with Crippen molar-refractivity contribution < 1.29 is 5.11 Å². The van der Waals surface area contributed by atoms with Gasteiger partial charge in [0.05, 0.1) is 6.10 Å². The van der Waals surface area contributed by atoms with Crippen LogP contribution in [0.3, 0.4) is 0 Å². The summed E-state index contributed by atoms with van der Waals surface area (Å²) in [5.41, 5.74) is 3.81. The van der Waals surface area contributed by atoms with E-state index in [0.717, 1.165) is 6.42 Å². The van der Waals surface area contributed by atoms with E-state index < -0.39 is 0 Å². The van der Waals surface area contributed by atoms with Crippen molar-refractivity contribution in [1.29, 1.82) is 0 Å². The highest BCUT2D eigenvalue weighted by atomic mass is 16.3. The molecule has 0 radical (unpaired) electrons. The predicted molar refractivity (Wildman–Crippen MR) is 75.0 cm³/mol. The van der Waals surface area contributed by atoms with Gasteiger partial charge in [-0.05, 0) is 56.8 Å². The molecule has 0 aromatic heterocycles. The van der Waals surface area contributed by atoms with Crippen molar-refractivity contribution in [2.45, 2.75) is 73.8 Å². The Bertz CT molecular complexity index is 311. The SMILES string of the molecule is CC1=C(C)C(C)(C)C(C)(CCC(C)C(C)O)C1. The van der Waals surface area contributed by atoms with Crippen molar-refractivity contribution >= 4 is 0 Å². The minimum atomic E-state index is -0.182. The van der Waals surface area contributed by atoms with Gasteiger partial charge in [-0.2, -0.15) is 0 Å². The lowest BCUT2D eigenvalue weighted by Gasteiger charge is -2.41. The summed E-state index contributed by atoms with van der Waals surface area (Å²) < 4.78 is 0. The van der Waals surface area contributed by atoms with Crippen LogP contribution in [0, 0.1) is 16.7 Å². The van der Waals surface area contributed by atoms with Gasteiger partial charge in [0, 0.05) is 0 Å². The van der Waals surface area contributed by atoms with Crippen LogP contribution >= 0.6 is 0 Å². The maximum Gasteiger partial charge on any atom is 0.0537 e. The predicted octanol–water partition coefficient (Wildman–Crippen LogP) is 4.56. The highest BCUT2D eigenvalue weighted by Gasteiger charge is 2.46. The minimum Gasteiger partial charge on any atom is -0.393 e. The summed E-state index contributed by atoms with van der Waals surface area (Å²) in [6, 6.07) is 0. The Hall–Kier alpha value is -0.300. The van der Waals surface area contributed by atoms with Gasteiger partial charge in [0.15, 0.2) is 0 Å². The number of aliphatic hydroxyl groups excluding tert-OH is 1. The van der Waals surface area contributed by atoms with E-state index in [-0.39, 0.29) is 6.10 Å². The molecule has 100 valence electrons. The summed E-state index contributed by atoms with van der Waals surface area (Å²) in [6.07, 6.45) is 3.37. The number of hydrogen-bond acceptors (Lipinski definition) is 1. The van der Waals surface area contributed by atoms with Crippen LogP contribution in [0.4, 0.5) is 0 Å². The van der Waals surface area contributed by atoms with Gasteiger partial charge < -0.3 is 5.11 Å². The molecule has 0 amide bonds. The molecule has 0 saturated carbocycles. The second kappa shape index (κ2) is 4.76. The largest absolute Gasteiger partial charge is 0.393 e. The summed E-state index contributed by atoms with van der Waals surface area (Å²) in [6.45, 7) is 15.8. The van der Waals surface area contributed by atoms with Crippen molar-refractivity contribution in [2.75, 3.05) is 0 Å². The lowest BCUT2D eigenvalue weighted by molar-refractivity contribution is 0.0894. The Morgan fingerprint density at radius 3 is 2.06 bits per heavy atom. The first-order chi connectivity index (χ1) is 7.62. The number of rotatable bonds is 4. The third-order valence-corrected chi connectivity index (χ3v) is 5.72. The van der Waals surface area contributed by atoms with Crippen molar-refractivity contribution in [3.8, 4) is 0 Å². The van der Waals surface area contributed by atoms with Crippen molar-refractivity contribution in [2.24, 2.45) is 16.7 Å². The molecule has 0 aromatic rings. The van der Waals surface area contributed by atoms with Gasteiger partial charge in [0.25, 0.3) is 0 Å². The van der Waals surface area contributed by atoms with E-state index >= 15 is 0 Å². The van der Waals surface area contributed by atoms with Crippen LogP contribution in [0.25, 0.3) is 0 Å². The second-order valence-electron chi connectivity index (χ2n) is 7.02. The molecular formula is C16H30O. The topological polar surface area (TPSA) is 20.2 Å². The molecule has 1 heteroatoms. The molecule has 17 heavy (non-hydrogen) atoms. The van der Waals surface area contributed by atoms with Crippen LogP contribution in [0.15, 0.2) is 11.1 Å². The van der Waals surface area contributed by atoms with Crippen LogP contribution in [0.5, 0.6) is 0 Å². The number of hydrogen-bond donors (Lipinski definition) is 1. The molecule has 0 spiro atoms. The highest BCUT2D eigenvalue weighted by Crippen LogP contribution is 2.57. The average Bonchev–Trinajstić information content (AvgIpc) is 2.37. The van der Waals surface area contributed by atoms with E-state index in [1.165, 1.54) is 12.8 Å². The maximum absolute atomic E-state index is 9.60. The molecule has 1 nitrogen and oxygen atoms in total. The van der Waals surface area contributed by atoms with E-state index in [4.69, 9.17) is 0 Å². The van der Waals surface area contributed by atoms with Gasteiger partial charge in [-0.15, -0.1) is 0 Å². The van der Waals surface area contributed by atoms with Crippen LogP contribution in [0.2, 0.25) is 0 Å². The van der Waals surface area contributed by atoms with E-state index in [1.807, 2.05) is 6.92 Å². The first kappa shape index (κ1) is 14.8. The molecular weight excluding hydrogens is 208 g/mol. The summed E-state index contributed by atoms with van der Waals surface area (Å²) >= 11 is 0. The van der Waals surface area contributed by atoms with Crippen molar-refractivity contribution in [1.82, 2.24) is 0 Å². The molecule has 0 heterocycles. The van der Waals surface area contributed by atoms with Crippen LogP contribution in [-0.4, -0.2) is 11.2 Å². The van der Waals surface area contributed by atoms with Crippen molar-refractivity contribution in [3.05, 3.63) is 11.1 Å². The second-order valence-corrected chi connectivity index (χ2v) is 7.02. The van der Waals surface area contributed by atoms with Crippen LogP contribution < -0.4 is 0 Å². The molecule has 0 saturated heterocycles. The number of allylic oxidation sites excluding steroid dienone is 2. The standard InChI is InChI=1S/C16H30O/c1-11(14(4)17)8-9-16(7)10-12(2)13(3)15(16,5)6/h11,14,17H,8-10H2,1-7H3. The fourth-order valence-corrected chi connectivity index (χ4v) is 3.11. The number of aliphatic hydroxyl groups is 1. The summed E-state index contributed by atoms with van der Waals surface area (Å²) in [5.74, 6) is 0.406. The molecule has 1 aliphatic rings. The van der Waals surface area contributed by atoms with E-state index in [2.05, 4.69) is 41.5 Å². The Labute approximate surface area is 107 Å². The van der Waals surface area contributed by atoms with E-state index in [0.29, 0.717) is 16.7 Å². The first-order valence-corrected chi connectivity index (χ1v) is 6.97. The smallest absolute Gasteiger partial charge is 0.0537 e. The highest BCUT2D eigenvalue weighted by molar-refractivity contribution is 5.29. The van der Waals surface area contributed by atoms with Gasteiger partial charge in [-0.25, -0.2) is 0 Å². The molecule has 0 aromatic carbocycles. The third kappa shape index (κ3) is 2.59. The van der Waals surface area contributed by atoms with Crippen molar-refractivity contribution in [3.63, 3.8) is 0 Å². The zero-order valence-corrected chi connectivity index (χ0v) is 12.7. The minimum absolute atomic E-state index is 0.182. The summed E-state index contributed by atoms with van der Waals surface area (Å²) in [7, 11) is 0. The lowest BCUT2D eigenvalue weighted by Crippen LogP contribution is -2.32. The van der Waals surface area contributed by atoms with Crippen LogP contribution in [-0.2, 0) is 0 Å². The molecule has 0 fully saturated rings. The Morgan fingerprint density at radius 1 is 1.18 bits per heavy atom. The van der Waals surface area contributed by atoms with Crippen LogP contribution in [0.1, 0.15) is 67.7 Å². The lowest BCUT2D eigenvalue weighted by atomic mass is 9.63. The Kier molecular flexibility index (Phi) is 4.13. The molecule has 1 rings (SSSR count). The molecule has 1 aliphatic carbocycles. The Balaban J connectivity index is 2.72. The average molecular weight is 238 g/mol. The monoisotopic (exact) mass is 238 g/mol. The first-order valence-electron chi connectivity index (χ1n) is 6.97. The molecule has 0 bridgehead atoms. The van der Waals surface area contributed by atoms with Gasteiger partial charge in [0.2, 0.25) is 0 Å². The zero-order valence-electron chi connectivity index (χ0n) is 12.7. The third-order valence-electron chi connectivity index (χ3n) is 5.72. The van der Waals surface area contributed by atoms with Gasteiger partial charge in [-0.1, -0.05) is 38.8 Å². The van der Waals surface area contributed by atoms with E-state index in [9.17, 15) is 5.11 Å². The molecule has 3 unspecified atom stereocenters. The summed E-state index contributed by atoms with van der Waals surface area (Å²) in [4.78, 5) is 0. The normalized spacial score (nSPS) is 31.8. The van der Waals surface area contributed by atoms with Gasteiger partial charge >= 0.3 is 0 Å². The van der Waals surface area contributed by atoms with Gasteiger partial charge in [-0.3, -0.25) is 0 Å². The molecule has 3 atom stereocenters. The molecule has 1 N–H and O–H groups in total. The Morgan fingerprint density at radius 2 is 1.71 bits per heavy atom. The maximum atomic E-state index is 9.60. The fraction of sp³-hybridized carbons (Fsp3) is 0.875. The van der Waals surface area contributed by atoms with E-state index in [1.54, 1.807) is 11.1 Å². The quantitative estimate of drug-likeness (QED) is 0.712. The molecule has 0 aliphatic heterocycles. The zero-order chi connectivity index (χ0) is 13.4. The summed E-state index contributed by atoms with van der Waals surface area (Å²) in [5, 5.41) is 9.60. The van der Waals surface area contributed by atoms with Gasteiger partial charge in [0.1, 0.15) is 0 Å².